The van der Waals surface area contributed by atoms with Crippen molar-refractivity contribution in [1.29, 1.82) is 0 Å². The first-order valence-corrected chi connectivity index (χ1v) is 12.8. The highest BCUT2D eigenvalue weighted by atomic mass is 32.1. The number of carbonyl (C=O) groups excluding carboxylic acids is 3. The van der Waals surface area contributed by atoms with Crippen LogP contribution in [0.2, 0.25) is 0 Å². The molecule has 8 heteroatoms. The highest BCUT2D eigenvalue weighted by Crippen LogP contribution is 2.52. The van der Waals surface area contributed by atoms with Crippen LogP contribution in [-0.2, 0) is 20.9 Å². The van der Waals surface area contributed by atoms with E-state index in [1.807, 2.05) is 23.6 Å². The van der Waals surface area contributed by atoms with Crippen LogP contribution in [0.25, 0.3) is 11.3 Å². The van der Waals surface area contributed by atoms with Crippen molar-refractivity contribution in [3.05, 3.63) is 70.9 Å². The molecule has 1 aliphatic heterocycles. The molecule has 6 rings (SSSR count). The fourth-order valence-electron chi connectivity index (χ4n) is 5.95. The molecule has 3 heterocycles. The Morgan fingerprint density at radius 2 is 1.77 bits per heavy atom. The highest BCUT2D eigenvalue weighted by molar-refractivity contribution is 7.14. The maximum Gasteiger partial charge on any atom is 0.246 e. The van der Waals surface area contributed by atoms with Crippen molar-refractivity contribution in [3.8, 4) is 11.3 Å². The summed E-state index contributed by atoms with van der Waals surface area (Å²) >= 11 is 1.34. The standard InChI is InChI=1S/C27H26N4O3S/c1-15-10-20(16(2)30(15)12-17-6-4-3-5-7-17)21-14-35-27(28-21)29-22(32)13-31-25(33)23-18-8-9-19(11-18)24(23)26(31)34/h3-10,14,18-19,23-24H,11-13H2,1-2H3,(H,28,29,32)/t18-,19-,23-,24-/m0/s1. The Kier molecular flexibility index (Phi) is 5.21. The van der Waals surface area contributed by atoms with E-state index in [2.05, 4.69) is 59.1 Å². The molecule has 2 bridgehead atoms. The van der Waals surface area contributed by atoms with Crippen molar-refractivity contribution in [2.75, 3.05) is 11.9 Å². The van der Waals surface area contributed by atoms with E-state index in [0.717, 1.165) is 40.5 Å². The molecule has 2 aliphatic carbocycles. The van der Waals surface area contributed by atoms with E-state index in [1.165, 1.54) is 16.9 Å². The number of carbonyl (C=O) groups is 3. The number of imide groups is 1. The summed E-state index contributed by atoms with van der Waals surface area (Å²) in [7, 11) is 0. The van der Waals surface area contributed by atoms with Gasteiger partial charge in [-0.25, -0.2) is 4.98 Å². The van der Waals surface area contributed by atoms with Gasteiger partial charge < -0.3 is 9.88 Å². The number of allylic oxidation sites excluding steroid dienone is 2. The van der Waals surface area contributed by atoms with Gasteiger partial charge in [0.2, 0.25) is 17.7 Å². The van der Waals surface area contributed by atoms with Gasteiger partial charge in [0, 0.05) is 28.9 Å². The van der Waals surface area contributed by atoms with Crippen LogP contribution >= 0.6 is 11.3 Å². The van der Waals surface area contributed by atoms with Crippen LogP contribution in [0, 0.1) is 37.5 Å². The Bertz CT molecular complexity index is 1340. The monoisotopic (exact) mass is 486 g/mol. The molecule has 178 valence electrons. The van der Waals surface area contributed by atoms with Gasteiger partial charge >= 0.3 is 0 Å². The maximum atomic E-state index is 12.8. The Hall–Kier alpha value is -3.52. The molecule has 2 aromatic heterocycles. The van der Waals surface area contributed by atoms with Crippen LogP contribution in [0.1, 0.15) is 23.4 Å². The third-order valence-electron chi connectivity index (χ3n) is 7.65. The first-order valence-electron chi connectivity index (χ1n) is 11.9. The van der Waals surface area contributed by atoms with Crippen LogP contribution < -0.4 is 5.32 Å². The summed E-state index contributed by atoms with van der Waals surface area (Å²) < 4.78 is 2.26. The van der Waals surface area contributed by atoms with Crippen molar-refractivity contribution in [1.82, 2.24) is 14.5 Å². The Balaban J connectivity index is 1.14. The average Bonchev–Trinajstić information content (AvgIpc) is 3.66. The first kappa shape index (κ1) is 22.0. The number of anilines is 1. The summed E-state index contributed by atoms with van der Waals surface area (Å²) in [6.45, 7) is 4.68. The van der Waals surface area contributed by atoms with E-state index >= 15 is 0 Å². The van der Waals surface area contributed by atoms with Crippen LogP contribution in [0.3, 0.4) is 0 Å². The fourth-order valence-corrected chi connectivity index (χ4v) is 6.67. The van der Waals surface area contributed by atoms with Gasteiger partial charge in [0.1, 0.15) is 6.54 Å². The molecular formula is C27H26N4O3S. The number of thiazole rings is 1. The van der Waals surface area contributed by atoms with Crippen molar-refractivity contribution in [3.63, 3.8) is 0 Å². The molecule has 7 nitrogen and oxygen atoms in total. The quantitative estimate of drug-likeness (QED) is 0.421. The molecular weight excluding hydrogens is 460 g/mol. The molecule has 0 unspecified atom stereocenters. The number of rotatable bonds is 6. The Morgan fingerprint density at radius 3 is 2.46 bits per heavy atom. The molecule has 35 heavy (non-hydrogen) atoms. The maximum absolute atomic E-state index is 12.8. The number of nitrogens with one attached hydrogen (secondary N) is 1. The molecule has 0 radical (unpaired) electrons. The second kappa shape index (κ2) is 8.30. The van der Waals surface area contributed by atoms with E-state index in [-0.39, 0.29) is 42.0 Å². The van der Waals surface area contributed by atoms with Crippen LogP contribution in [0.5, 0.6) is 0 Å². The SMILES string of the molecule is Cc1cc(-c2csc(NC(=O)CN3C(=O)[C@@H]4[C@@H](C3=O)[C@H]3C=C[C@H]4C3)n2)c(C)n1Cc1ccccc1. The Morgan fingerprint density at radius 1 is 1.09 bits per heavy atom. The van der Waals surface area contributed by atoms with Crippen LogP contribution in [-0.4, -0.2) is 38.7 Å². The largest absolute Gasteiger partial charge is 0.344 e. The zero-order valence-electron chi connectivity index (χ0n) is 19.6. The number of amides is 3. The minimum absolute atomic E-state index is 0.136. The number of aryl methyl sites for hydroxylation is 1. The number of likely N-dealkylation sites (tertiary alicyclic amines) is 1. The van der Waals surface area contributed by atoms with E-state index in [1.54, 1.807) is 0 Å². The van der Waals surface area contributed by atoms with E-state index in [9.17, 15) is 14.4 Å². The molecule has 1 saturated heterocycles. The normalized spacial score (nSPS) is 24.5. The lowest BCUT2D eigenvalue weighted by molar-refractivity contribution is -0.143. The zero-order valence-corrected chi connectivity index (χ0v) is 20.4. The second-order valence-corrected chi connectivity index (χ2v) is 10.6. The summed E-state index contributed by atoms with van der Waals surface area (Å²) in [5.41, 5.74) is 5.29. The number of fused-ring (bicyclic) bond motifs is 5. The van der Waals surface area contributed by atoms with Gasteiger partial charge in [0.05, 0.1) is 17.5 Å². The number of hydrogen-bond donors (Lipinski definition) is 1. The third kappa shape index (κ3) is 3.63. The van der Waals surface area contributed by atoms with E-state index in [0.29, 0.717) is 5.13 Å². The molecule has 1 aromatic carbocycles. The van der Waals surface area contributed by atoms with Gasteiger partial charge in [-0.2, -0.15) is 0 Å². The van der Waals surface area contributed by atoms with Crippen molar-refractivity contribution in [2.45, 2.75) is 26.8 Å². The van der Waals surface area contributed by atoms with Gasteiger partial charge in [0.25, 0.3) is 0 Å². The molecule has 3 aliphatic rings. The summed E-state index contributed by atoms with van der Waals surface area (Å²) in [5, 5.41) is 5.16. The summed E-state index contributed by atoms with van der Waals surface area (Å²) in [5.74, 6) is -1.13. The molecule has 0 spiro atoms. The second-order valence-electron chi connectivity index (χ2n) is 9.71. The number of nitrogens with zero attached hydrogens (tertiary/aromatic N) is 3. The van der Waals surface area contributed by atoms with E-state index < -0.39 is 5.91 Å². The van der Waals surface area contributed by atoms with Crippen LogP contribution in [0.4, 0.5) is 5.13 Å². The lowest BCUT2D eigenvalue weighted by Crippen LogP contribution is -2.39. The predicted molar refractivity (Wildman–Crippen MR) is 134 cm³/mol. The van der Waals surface area contributed by atoms with Crippen molar-refractivity contribution < 1.29 is 14.4 Å². The van der Waals surface area contributed by atoms with Gasteiger partial charge in [-0.15, -0.1) is 11.3 Å². The van der Waals surface area contributed by atoms with Gasteiger partial charge in [-0.1, -0.05) is 42.5 Å². The van der Waals surface area contributed by atoms with Crippen molar-refractivity contribution in [2.24, 2.45) is 23.7 Å². The number of benzene rings is 1. The smallest absolute Gasteiger partial charge is 0.246 e. The lowest BCUT2D eigenvalue weighted by atomic mass is 9.85. The first-order chi connectivity index (χ1) is 16.9. The number of hydrogen-bond acceptors (Lipinski definition) is 5. The predicted octanol–water partition coefficient (Wildman–Crippen LogP) is 4.02. The molecule has 4 atom stereocenters. The minimum atomic E-state index is -0.401. The van der Waals surface area contributed by atoms with Gasteiger partial charge in [-0.3, -0.25) is 19.3 Å². The third-order valence-corrected chi connectivity index (χ3v) is 8.40. The van der Waals surface area contributed by atoms with Gasteiger partial charge in [0.15, 0.2) is 5.13 Å². The van der Waals surface area contributed by atoms with Crippen LogP contribution in [0.15, 0.2) is 53.9 Å². The fraction of sp³-hybridized carbons (Fsp3) is 0.333. The summed E-state index contributed by atoms with van der Waals surface area (Å²) in [6, 6.07) is 12.4. The van der Waals surface area contributed by atoms with Gasteiger partial charge in [-0.05, 0) is 43.7 Å². The minimum Gasteiger partial charge on any atom is -0.344 e. The average molecular weight is 487 g/mol. The molecule has 3 amide bonds. The van der Waals surface area contributed by atoms with E-state index in [4.69, 9.17) is 0 Å². The molecule has 1 N–H and O–H groups in total. The summed E-state index contributed by atoms with van der Waals surface area (Å²) in [4.78, 5) is 44.2. The molecule has 1 saturated carbocycles. The number of aromatic nitrogens is 2. The zero-order chi connectivity index (χ0) is 24.3. The Labute approximate surface area is 207 Å². The van der Waals surface area contributed by atoms with Crippen molar-refractivity contribution >= 4 is 34.2 Å². The highest BCUT2D eigenvalue weighted by Gasteiger charge is 2.59. The summed E-state index contributed by atoms with van der Waals surface area (Å²) in [6.07, 6.45) is 4.98. The topological polar surface area (TPSA) is 84.3 Å². The molecule has 3 aromatic rings. The lowest BCUT2D eigenvalue weighted by Gasteiger charge is -2.16. The molecule has 2 fully saturated rings.